The maximum Gasteiger partial charge on any atom is 0.137 e. The van der Waals surface area contributed by atoms with Crippen molar-refractivity contribution < 1.29 is 4.74 Å². The number of nitrogens with one attached hydrogen (secondary N) is 1. The fraction of sp³-hybridized carbons (Fsp3) is 0.538. The van der Waals surface area contributed by atoms with Crippen LogP contribution >= 0.6 is 11.6 Å². The first-order chi connectivity index (χ1) is 8.13. The maximum absolute atomic E-state index is 6.06. The predicted molar refractivity (Wildman–Crippen MR) is 70.7 cm³/mol. The van der Waals surface area contributed by atoms with E-state index in [-0.39, 0.29) is 5.54 Å². The molecule has 1 saturated carbocycles. The second-order valence-electron chi connectivity index (χ2n) is 4.76. The summed E-state index contributed by atoms with van der Waals surface area (Å²) in [5, 5.41) is 4.05. The van der Waals surface area contributed by atoms with Crippen LogP contribution in [0.5, 0.6) is 5.75 Å². The highest BCUT2D eigenvalue weighted by molar-refractivity contribution is 6.32. The van der Waals surface area contributed by atoms with Gasteiger partial charge in [-0.05, 0) is 43.5 Å². The molecule has 0 aromatic heterocycles. The van der Waals surface area contributed by atoms with Gasteiger partial charge in [-0.15, -0.1) is 0 Å². The number of hydrogen-bond donors (Lipinski definition) is 2. The first-order valence-corrected chi connectivity index (χ1v) is 6.33. The maximum atomic E-state index is 6.06. The minimum atomic E-state index is 0.0809. The van der Waals surface area contributed by atoms with E-state index in [0.29, 0.717) is 5.02 Å². The summed E-state index contributed by atoms with van der Waals surface area (Å²) in [5.74, 6) is 0.724. The smallest absolute Gasteiger partial charge is 0.137 e. The molecular formula is C13H19ClN2O. The van der Waals surface area contributed by atoms with E-state index in [1.807, 2.05) is 18.2 Å². The lowest BCUT2D eigenvalue weighted by atomic mass is 10.1. The summed E-state index contributed by atoms with van der Waals surface area (Å²) in [6.07, 6.45) is 3.25. The van der Waals surface area contributed by atoms with E-state index in [4.69, 9.17) is 22.1 Å². The molecule has 0 heterocycles. The standard InChI is InChI=1S/C13H19ClN2O/c1-17-12-3-2-10(8-11(12)14)4-7-16-9-13(15)5-6-13/h2-3,8,16H,4-7,9,15H2,1H3. The molecule has 4 heteroatoms. The van der Waals surface area contributed by atoms with Crippen molar-refractivity contribution in [3.8, 4) is 5.75 Å². The SMILES string of the molecule is COc1ccc(CCNCC2(N)CC2)cc1Cl. The molecule has 3 N–H and O–H groups in total. The predicted octanol–water partition coefficient (Wildman–Crippen LogP) is 1.97. The van der Waals surface area contributed by atoms with Crippen molar-refractivity contribution in [2.75, 3.05) is 20.2 Å². The van der Waals surface area contributed by atoms with Crippen molar-refractivity contribution in [1.82, 2.24) is 5.32 Å². The monoisotopic (exact) mass is 254 g/mol. The summed E-state index contributed by atoms with van der Waals surface area (Å²) in [4.78, 5) is 0. The van der Waals surface area contributed by atoms with Crippen LogP contribution in [0, 0.1) is 0 Å². The van der Waals surface area contributed by atoms with Gasteiger partial charge in [-0.25, -0.2) is 0 Å². The minimum absolute atomic E-state index is 0.0809. The number of rotatable bonds is 6. The molecule has 0 radical (unpaired) electrons. The summed E-state index contributed by atoms with van der Waals surface area (Å²) < 4.78 is 5.11. The van der Waals surface area contributed by atoms with Crippen LogP contribution in [0.2, 0.25) is 5.02 Å². The molecule has 3 nitrogen and oxygen atoms in total. The quantitative estimate of drug-likeness (QED) is 0.763. The average Bonchev–Trinajstić information content (AvgIpc) is 3.04. The van der Waals surface area contributed by atoms with Gasteiger partial charge < -0.3 is 15.8 Å². The lowest BCUT2D eigenvalue weighted by molar-refractivity contribution is 0.415. The van der Waals surface area contributed by atoms with Gasteiger partial charge in [0.1, 0.15) is 5.75 Å². The molecular weight excluding hydrogens is 236 g/mol. The van der Waals surface area contributed by atoms with E-state index >= 15 is 0 Å². The molecule has 1 aromatic carbocycles. The van der Waals surface area contributed by atoms with Gasteiger partial charge in [0.15, 0.2) is 0 Å². The summed E-state index contributed by atoms with van der Waals surface area (Å²) in [6, 6.07) is 5.90. The van der Waals surface area contributed by atoms with Crippen LogP contribution < -0.4 is 15.8 Å². The summed E-state index contributed by atoms with van der Waals surface area (Å²) in [6.45, 7) is 1.85. The van der Waals surface area contributed by atoms with Crippen molar-refractivity contribution in [2.24, 2.45) is 5.73 Å². The molecule has 1 aliphatic carbocycles. The van der Waals surface area contributed by atoms with Crippen LogP contribution in [-0.4, -0.2) is 25.7 Å². The highest BCUT2D eigenvalue weighted by atomic mass is 35.5. The molecule has 0 bridgehead atoms. The molecule has 94 valence electrons. The number of ether oxygens (including phenoxy) is 1. The third-order valence-electron chi connectivity index (χ3n) is 3.18. The van der Waals surface area contributed by atoms with Crippen LogP contribution in [-0.2, 0) is 6.42 Å². The second kappa shape index (κ2) is 5.25. The van der Waals surface area contributed by atoms with E-state index in [2.05, 4.69) is 5.32 Å². The molecule has 0 amide bonds. The van der Waals surface area contributed by atoms with Crippen molar-refractivity contribution in [1.29, 1.82) is 0 Å². The van der Waals surface area contributed by atoms with Crippen molar-refractivity contribution in [2.45, 2.75) is 24.8 Å². The Balaban J connectivity index is 1.76. The van der Waals surface area contributed by atoms with E-state index < -0.39 is 0 Å². The van der Waals surface area contributed by atoms with Gasteiger partial charge in [0.2, 0.25) is 0 Å². The lowest BCUT2D eigenvalue weighted by Crippen LogP contribution is -2.36. The normalized spacial score (nSPS) is 16.9. The Kier molecular flexibility index (Phi) is 3.92. The second-order valence-corrected chi connectivity index (χ2v) is 5.17. The molecule has 0 saturated heterocycles. The summed E-state index contributed by atoms with van der Waals surface area (Å²) in [5.41, 5.74) is 7.28. The van der Waals surface area contributed by atoms with Gasteiger partial charge in [0.05, 0.1) is 12.1 Å². The number of nitrogens with two attached hydrogens (primary N) is 1. The zero-order chi connectivity index (χ0) is 12.3. The highest BCUT2D eigenvalue weighted by Gasteiger charge is 2.37. The Bertz CT molecular complexity index is 391. The molecule has 0 unspecified atom stereocenters. The van der Waals surface area contributed by atoms with Crippen molar-refractivity contribution in [3.05, 3.63) is 28.8 Å². The minimum Gasteiger partial charge on any atom is -0.495 e. The largest absolute Gasteiger partial charge is 0.495 e. The zero-order valence-electron chi connectivity index (χ0n) is 10.1. The lowest BCUT2D eigenvalue weighted by Gasteiger charge is -2.10. The van der Waals surface area contributed by atoms with Gasteiger partial charge in [0.25, 0.3) is 0 Å². The van der Waals surface area contributed by atoms with Gasteiger partial charge in [-0.3, -0.25) is 0 Å². The van der Waals surface area contributed by atoms with Gasteiger partial charge >= 0.3 is 0 Å². The molecule has 17 heavy (non-hydrogen) atoms. The molecule has 0 atom stereocenters. The van der Waals surface area contributed by atoms with Crippen LogP contribution in [0.15, 0.2) is 18.2 Å². The summed E-state index contributed by atoms with van der Waals surface area (Å²) in [7, 11) is 1.62. The number of benzene rings is 1. The molecule has 1 aliphatic rings. The molecule has 1 fully saturated rings. The third-order valence-corrected chi connectivity index (χ3v) is 3.47. The van der Waals surface area contributed by atoms with Crippen LogP contribution in [0.1, 0.15) is 18.4 Å². The first kappa shape index (κ1) is 12.7. The van der Waals surface area contributed by atoms with Crippen molar-refractivity contribution >= 4 is 11.6 Å². The number of methoxy groups -OCH3 is 1. The van der Waals surface area contributed by atoms with E-state index in [0.717, 1.165) is 38.1 Å². The fourth-order valence-electron chi connectivity index (χ4n) is 1.77. The Hall–Kier alpha value is -0.770. The number of halogens is 1. The zero-order valence-corrected chi connectivity index (χ0v) is 10.9. The molecule has 1 aromatic rings. The molecule has 0 aliphatic heterocycles. The van der Waals surface area contributed by atoms with E-state index in [1.165, 1.54) is 5.56 Å². The van der Waals surface area contributed by atoms with Gasteiger partial charge in [-0.1, -0.05) is 17.7 Å². The first-order valence-electron chi connectivity index (χ1n) is 5.95. The Morgan fingerprint density at radius 1 is 1.47 bits per heavy atom. The van der Waals surface area contributed by atoms with Crippen LogP contribution in [0.4, 0.5) is 0 Å². The van der Waals surface area contributed by atoms with Crippen LogP contribution in [0.3, 0.4) is 0 Å². The van der Waals surface area contributed by atoms with Crippen LogP contribution in [0.25, 0.3) is 0 Å². The van der Waals surface area contributed by atoms with E-state index in [1.54, 1.807) is 7.11 Å². The highest BCUT2D eigenvalue weighted by Crippen LogP contribution is 2.31. The average molecular weight is 255 g/mol. The fourth-order valence-corrected chi connectivity index (χ4v) is 2.05. The van der Waals surface area contributed by atoms with Crippen molar-refractivity contribution in [3.63, 3.8) is 0 Å². The third kappa shape index (κ3) is 3.60. The Morgan fingerprint density at radius 3 is 2.82 bits per heavy atom. The Labute approximate surface area is 107 Å². The van der Waals surface area contributed by atoms with Gasteiger partial charge in [0, 0.05) is 12.1 Å². The summed E-state index contributed by atoms with van der Waals surface area (Å²) >= 11 is 6.06. The Morgan fingerprint density at radius 2 is 2.24 bits per heavy atom. The molecule has 2 rings (SSSR count). The molecule has 0 spiro atoms. The topological polar surface area (TPSA) is 47.3 Å². The van der Waals surface area contributed by atoms with E-state index in [9.17, 15) is 0 Å². The van der Waals surface area contributed by atoms with Gasteiger partial charge in [-0.2, -0.15) is 0 Å². The number of hydrogen-bond acceptors (Lipinski definition) is 3.